The highest BCUT2D eigenvalue weighted by molar-refractivity contribution is 5.62. The van der Waals surface area contributed by atoms with Crippen molar-refractivity contribution < 1.29 is 4.39 Å². The summed E-state index contributed by atoms with van der Waals surface area (Å²) in [5.74, 6) is 2.32. The smallest absolute Gasteiger partial charge is 0.137 e. The maximum Gasteiger partial charge on any atom is 0.137 e. The van der Waals surface area contributed by atoms with Crippen molar-refractivity contribution in [2.75, 3.05) is 0 Å². The third kappa shape index (κ3) is 1.74. The molecular formula is C15H9FN2. The molecule has 2 nitrogen and oxygen atoms in total. The van der Waals surface area contributed by atoms with Gasteiger partial charge in [0.25, 0.3) is 0 Å². The molecule has 0 fully saturated rings. The Morgan fingerprint density at radius 3 is 2.56 bits per heavy atom. The number of hydrogen-bond donors (Lipinski definition) is 0. The molecule has 0 amide bonds. The molecule has 2 aromatic heterocycles. The van der Waals surface area contributed by atoms with Gasteiger partial charge in [-0.25, -0.2) is 9.37 Å². The number of nitrogens with zero attached hydrogens (tertiary/aromatic N) is 2. The molecule has 0 unspecified atom stereocenters. The van der Waals surface area contributed by atoms with Crippen LogP contribution >= 0.6 is 0 Å². The molecule has 0 spiro atoms. The highest BCUT2D eigenvalue weighted by atomic mass is 19.1. The Morgan fingerprint density at radius 2 is 1.83 bits per heavy atom. The second-order valence-corrected chi connectivity index (χ2v) is 3.96. The van der Waals surface area contributed by atoms with Crippen LogP contribution in [-0.4, -0.2) is 9.38 Å². The summed E-state index contributed by atoms with van der Waals surface area (Å²) in [5, 5.41) is 0. The molecule has 0 atom stereocenters. The fourth-order valence-electron chi connectivity index (χ4n) is 1.84. The Bertz CT molecular complexity index is 748. The van der Waals surface area contributed by atoms with E-state index < -0.39 is 0 Å². The first kappa shape index (κ1) is 10.5. The molecule has 0 aliphatic carbocycles. The van der Waals surface area contributed by atoms with Crippen molar-refractivity contribution >= 4 is 5.65 Å². The molecule has 3 rings (SSSR count). The van der Waals surface area contributed by atoms with Crippen LogP contribution in [0.1, 0.15) is 5.56 Å². The van der Waals surface area contributed by atoms with Gasteiger partial charge in [-0.3, -0.25) is 0 Å². The van der Waals surface area contributed by atoms with E-state index >= 15 is 0 Å². The number of hydrogen-bond acceptors (Lipinski definition) is 1. The average Bonchev–Trinajstić information content (AvgIpc) is 2.82. The van der Waals surface area contributed by atoms with Crippen molar-refractivity contribution in [3.05, 3.63) is 60.2 Å². The number of benzene rings is 1. The van der Waals surface area contributed by atoms with Gasteiger partial charge in [0.05, 0.1) is 5.69 Å². The van der Waals surface area contributed by atoms with Crippen molar-refractivity contribution in [3.63, 3.8) is 0 Å². The minimum atomic E-state index is -0.253. The van der Waals surface area contributed by atoms with Crippen molar-refractivity contribution in [3.8, 4) is 23.6 Å². The van der Waals surface area contributed by atoms with Gasteiger partial charge in [0.2, 0.25) is 0 Å². The molecular weight excluding hydrogens is 227 g/mol. The summed E-state index contributed by atoms with van der Waals surface area (Å²) >= 11 is 0. The maximum absolute atomic E-state index is 12.9. The van der Waals surface area contributed by atoms with Crippen molar-refractivity contribution in [1.82, 2.24) is 9.38 Å². The van der Waals surface area contributed by atoms with Gasteiger partial charge in [0, 0.05) is 23.5 Å². The lowest BCUT2D eigenvalue weighted by atomic mass is 10.2. The lowest BCUT2D eigenvalue weighted by Crippen LogP contribution is -1.83. The highest BCUT2D eigenvalue weighted by Gasteiger charge is 2.04. The van der Waals surface area contributed by atoms with Gasteiger partial charge in [0.15, 0.2) is 0 Å². The number of imidazole rings is 1. The van der Waals surface area contributed by atoms with E-state index in [0.717, 1.165) is 22.5 Å². The average molecular weight is 236 g/mol. The summed E-state index contributed by atoms with van der Waals surface area (Å²) in [6.07, 6.45) is 9.07. The third-order valence-corrected chi connectivity index (χ3v) is 2.76. The van der Waals surface area contributed by atoms with Gasteiger partial charge in [-0.15, -0.1) is 6.42 Å². The van der Waals surface area contributed by atoms with Crippen LogP contribution in [0.4, 0.5) is 4.39 Å². The number of rotatable bonds is 1. The predicted molar refractivity (Wildman–Crippen MR) is 68.5 cm³/mol. The van der Waals surface area contributed by atoms with Crippen molar-refractivity contribution in [1.29, 1.82) is 0 Å². The minimum absolute atomic E-state index is 0.253. The van der Waals surface area contributed by atoms with E-state index in [9.17, 15) is 4.39 Å². The van der Waals surface area contributed by atoms with Crippen LogP contribution in [0.15, 0.2) is 48.8 Å². The number of aromatic nitrogens is 2. The molecule has 86 valence electrons. The van der Waals surface area contributed by atoms with Gasteiger partial charge in [0.1, 0.15) is 11.5 Å². The molecule has 3 aromatic rings. The Balaban J connectivity index is 2.13. The van der Waals surface area contributed by atoms with Crippen LogP contribution < -0.4 is 0 Å². The summed E-state index contributed by atoms with van der Waals surface area (Å²) in [6.45, 7) is 0. The molecule has 18 heavy (non-hydrogen) atoms. The molecule has 0 aliphatic heterocycles. The fourth-order valence-corrected chi connectivity index (χ4v) is 1.84. The highest BCUT2D eigenvalue weighted by Crippen LogP contribution is 2.19. The van der Waals surface area contributed by atoms with Gasteiger partial charge in [-0.2, -0.15) is 0 Å². The summed E-state index contributed by atoms with van der Waals surface area (Å²) < 4.78 is 14.7. The zero-order chi connectivity index (χ0) is 12.5. The number of pyridine rings is 1. The lowest BCUT2D eigenvalue weighted by Gasteiger charge is -1.94. The Kier molecular flexibility index (Phi) is 2.35. The van der Waals surface area contributed by atoms with Crippen molar-refractivity contribution in [2.45, 2.75) is 0 Å². The Morgan fingerprint density at radius 1 is 1.06 bits per heavy atom. The van der Waals surface area contributed by atoms with Gasteiger partial charge in [-0.05, 0) is 36.4 Å². The quantitative estimate of drug-likeness (QED) is 0.593. The van der Waals surface area contributed by atoms with E-state index in [2.05, 4.69) is 10.9 Å². The largest absolute Gasteiger partial charge is 0.305 e. The summed E-state index contributed by atoms with van der Waals surface area (Å²) in [4.78, 5) is 4.46. The Labute approximate surface area is 104 Å². The SMILES string of the molecule is C#Cc1ccc2nc(-c3ccc(F)cc3)cn2c1. The van der Waals surface area contributed by atoms with Crippen molar-refractivity contribution in [2.24, 2.45) is 0 Å². The summed E-state index contributed by atoms with van der Waals surface area (Å²) in [5.41, 5.74) is 3.28. The van der Waals surface area contributed by atoms with E-state index in [1.807, 2.05) is 28.9 Å². The van der Waals surface area contributed by atoms with E-state index in [0.29, 0.717) is 0 Å². The van der Waals surface area contributed by atoms with E-state index in [1.165, 1.54) is 12.1 Å². The lowest BCUT2D eigenvalue weighted by molar-refractivity contribution is 0.628. The first-order chi connectivity index (χ1) is 8.76. The van der Waals surface area contributed by atoms with Crippen LogP contribution in [0.5, 0.6) is 0 Å². The van der Waals surface area contributed by atoms with Crippen LogP contribution in [0.3, 0.4) is 0 Å². The van der Waals surface area contributed by atoms with Gasteiger partial charge < -0.3 is 4.40 Å². The molecule has 2 heterocycles. The minimum Gasteiger partial charge on any atom is -0.305 e. The molecule has 0 N–H and O–H groups in total. The maximum atomic E-state index is 12.9. The second-order valence-electron chi connectivity index (χ2n) is 3.96. The van der Waals surface area contributed by atoms with Crippen LogP contribution in [-0.2, 0) is 0 Å². The molecule has 1 aromatic carbocycles. The molecule has 3 heteroatoms. The normalized spacial score (nSPS) is 10.4. The van der Waals surface area contributed by atoms with E-state index in [4.69, 9.17) is 6.42 Å². The second kappa shape index (κ2) is 4.01. The van der Waals surface area contributed by atoms with Crippen LogP contribution in [0.2, 0.25) is 0 Å². The van der Waals surface area contributed by atoms with Crippen LogP contribution in [0.25, 0.3) is 16.9 Å². The first-order valence-corrected chi connectivity index (χ1v) is 5.47. The first-order valence-electron chi connectivity index (χ1n) is 5.47. The van der Waals surface area contributed by atoms with Gasteiger partial charge >= 0.3 is 0 Å². The molecule has 0 saturated carbocycles. The standard InChI is InChI=1S/C15H9FN2/c1-2-11-3-8-15-17-14(10-18(15)9-11)12-4-6-13(16)7-5-12/h1,3-10H. The topological polar surface area (TPSA) is 17.3 Å². The summed E-state index contributed by atoms with van der Waals surface area (Å²) in [7, 11) is 0. The van der Waals surface area contributed by atoms with E-state index in [1.54, 1.807) is 12.1 Å². The molecule has 0 aliphatic rings. The Hall–Kier alpha value is -2.60. The predicted octanol–water partition coefficient (Wildman–Crippen LogP) is 3.12. The molecule has 0 radical (unpaired) electrons. The van der Waals surface area contributed by atoms with E-state index in [-0.39, 0.29) is 5.82 Å². The zero-order valence-electron chi connectivity index (χ0n) is 9.47. The number of halogens is 1. The number of fused-ring (bicyclic) bond motifs is 1. The molecule has 0 bridgehead atoms. The monoisotopic (exact) mass is 236 g/mol. The van der Waals surface area contributed by atoms with Crippen LogP contribution in [0, 0.1) is 18.2 Å². The fraction of sp³-hybridized carbons (Fsp3) is 0. The summed E-state index contributed by atoms with van der Waals surface area (Å²) in [6, 6.07) is 9.97. The number of terminal acetylenes is 1. The third-order valence-electron chi connectivity index (χ3n) is 2.76. The van der Waals surface area contributed by atoms with Gasteiger partial charge in [-0.1, -0.05) is 5.92 Å². The molecule has 0 saturated heterocycles. The zero-order valence-corrected chi connectivity index (χ0v) is 9.47.